The van der Waals surface area contributed by atoms with Crippen LogP contribution in [-0.4, -0.2) is 80.3 Å². The van der Waals surface area contributed by atoms with Gasteiger partial charge >= 0.3 is 0 Å². The number of amides is 1. The number of carbonyl (C=O) groups excluding carboxylic acids is 1. The highest BCUT2D eigenvalue weighted by molar-refractivity contribution is 6.30. The molecule has 4 aromatic rings. The van der Waals surface area contributed by atoms with Crippen molar-refractivity contribution in [2.75, 3.05) is 19.0 Å². The number of ether oxygens (including phenoxy) is 3. The predicted molar refractivity (Wildman–Crippen MR) is 150 cm³/mol. The van der Waals surface area contributed by atoms with Gasteiger partial charge in [0.1, 0.15) is 36.2 Å². The Morgan fingerprint density at radius 1 is 1.14 bits per heavy atom. The minimum Gasteiger partial charge on any atom is -0.394 e. The van der Waals surface area contributed by atoms with E-state index < -0.39 is 66.5 Å². The van der Waals surface area contributed by atoms with Crippen LogP contribution in [0.3, 0.4) is 0 Å². The number of rotatable bonds is 10. The third kappa shape index (κ3) is 6.75. The lowest BCUT2D eigenvalue weighted by molar-refractivity contribution is -0.239. The first-order chi connectivity index (χ1) is 21.2. The van der Waals surface area contributed by atoms with Crippen molar-refractivity contribution in [3.8, 4) is 11.3 Å². The molecule has 0 aliphatic carbocycles. The highest BCUT2D eigenvalue weighted by atomic mass is 35.5. The van der Waals surface area contributed by atoms with Gasteiger partial charge in [-0.2, -0.15) is 0 Å². The summed E-state index contributed by atoms with van der Waals surface area (Å²) >= 11 is 6.00. The highest BCUT2D eigenvalue weighted by Crippen LogP contribution is 2.35. The van der Waals surface area contributed by atoms with E-state index >= 15 is 0 Å². The second kappa shape index (κ2) is 13.8. The molecule has 6 atom stereocenters. The summed E-state index contributed by atoms with van der Waals surface area (Å²) in [5.41, 5.74) is 0.958. The van der Waals surface area contributed by atoms with Gasteiger partial charge in [0.05, 0.1) is 19.4 Å². The summed E-state index contributed by atoms with van der Waals surface area (Å²) in [5, 5.41) is 32.5. The first kappa shape index (κ1) is 31.5. The topological polar surface area (TPSA) is 141 Å². The van der Waals surface area contributed by atoms with Crippen LogP contribution in [0, 0.1) is 17.5 Å². The number of hydrogen-bond acceptors (Lipinski definition) is 9. The Kier molecular flexibility index (Phi) is 9.88. The maximum atomic E-state index is 13.9. The fourth-order valence-corrected chi connectivity index (χ4v) is 5.06. The molecule has 2 aromatic carbocycles. The van der Waals surface area contributed by atoms with E-state index in [9.17, 15) is 28.2 Å². The Hall–Kier alpha value is -3.92. The number of aliphatic hydroxyl groups excluding tert-OH is 2. The number of nitrogens with zero attached hydrogens (tertiary/aromatic N) is 4. The van der Waals surface area contributed by atoms with Gasteiger partial charge in [-0.3, -0.25) is 9.78 Å². The summed E-state index contributed by atoms with van der Waals surface area (Å²) in [5.74, 6) is -5.10. The molecule has 11 nitrogen and oxygen atoms in total. The van der Waals surface area contributed by atoms with Crippen LogP contribution in [0.25, 0.3) is 11.3 Å². The van der Waals surface area contributed by atoms with Crippen LogP contribution in [0.15, 0.2) is 67.1 Å². The van der Waals surface area contributed by atoms with E-state index in [2.05, 4.69) is 20.6 Å². The number of methoxy groups -OCH3 is 1. The minimum absolute atomic E-state index is 0.0422. The molecule has 44 heavy (non-hydrogen) atoms. The highest BCUT2D eigenvalue weighted by Gasteiger charge is 2.51. The number of nitrogens with one attached hydrogen (secondary N) is 1. The van der Waals surface area contributed by atoms with Crippen LogP contribution < -0.4 is 5.32 Å². The third-order valence-corrected chi connectivity index (χ3v) is 7.37. The molecule has 1 saturated heterocycles. The standard InChI is InChI=1S/C29H27ClF3N5O6/c1-42-26-24(38-12-21(36-37-38)16-10-19(31)23(33)20(32)11-16)25(40)22(13-39)44-27(26)28(29(41)35-18-6-8-34-9-7-18)43-14-15-2-4-17(30)5-3-15/h2-12,22,24-28,39-40H,13-14H2,1H3,(H,34,35,41)/t22?,24?,25-,26?,27+,28-/m0/s1. The number of benzene rings is 2. The molecule has 3 heterocycles. The van der Waals surface area contributed by atoms with Crippen LogP contribution in [0.1, 0.15) is 11.6 Å². The summed E-state index contributed by atoms with van der Waals surface area (Å²) in [4.78, 5) is 17.6. The van der Waals surface area contributed by atoms with E-state index in [1.807, 2.05) is 0 Å². The zero-order valence-electron chi connectivity index (χ0n) is 23.1. The van der Waals surface area contributed by atoms with Crippen LogP contribution in [-0.2, 0) is 25.6 Å². The van der Waals surface area contributed by atoms with Gasteiger partial charge in [0, 0.05) is 35.8 Å². The second-order valence-corrected chi connectivity index (χ2v) is 10.4. The lowest BCUT2D eigenvalue weighted by Crippen LogP contribution is -2.62. The van der Waals surface area contributed by atoms with Crippen molar-refractivity contribution >= 4 is 23.2 Å². The molecule has 15 heteroatoms. The summed E-state index contributed by atoms with van der Waals surface area (Å²) in [6.45, 7) is -0.704. The molecule has 232 valence electrons. The molecule has 1 aliphatic rings. The van der Waals surface area contributed by atoms with E-state index in [-0.39, 0.29) is 17.9 Å². The number of halogens is 4. The van der Waals surface area contributed by atoms with Crippen molar-refractivity contribution < 1.29 is 42.4 Å². The smallest absolute Gasteiger partial charge is 0.256 e. The van der Waals surface area contributed by atoms with Gasteiger partial charge in [0.2, 0.25) is 0 Å². The van der Waals surface area contributed by atoms with Gasteiger partial charge in [0.15, 0.2) is 23.6 Å². The maximum absolute atomic E-state index is 13.9. The molecule has 0 saturated carbocycles. The lowest BCUT2D eigenvalue weighted by Gasteiger charge is -2.45. The molecule has 5 rings (SSSR count). The lowest BCUT2D eigenvalue weighted by atomic mass is 9.89. The first-order valence-corrected chi connectivity index (χ1v) is 13.7. The molecular formula is C29H27ClF3N5O6. The molecule has 2 aromatic heterocycles. The monoisotopic (exact) mass is 633 g/mol. The zero-order valence-corrected chi connectivity index (χ0v) is 23.8. The van der Waals surface area contributed by atoms with Crippen molar-refractivity contribution in [3.63, 3.8) is 0 Å². The molecule has 1 amide bonds. The van der Waals surface area contributed by atoms with E-state index in [0.29, 0.717) is 16.3 Å². The molecule has 3 N–H and O–H groups in total. The average molecular weight is 634 g/mol. The van der Waals surface area contributed by atoms with Gasteiger partial charge in [-0.1, -0.05) is 28.9 Å². The quantitative estimate of drug-likeness (QED) is 0.224. The Bertz CT molecular complexity index is 1560. The normalized spacial score (nSPS) is 22.5. The number of hydrogen-bond donors (Lipinski definition) is 3. The predicted octanol–water partition coefficient (Wildman–Crippen LogP) is 3.31. The Morgan fingerprint density at radius 2 is 1.82 bits per heavy atom. The van der Waals surface area contributed by atoms with Crippen LogP contribution in [0.5, 0.6) is 0 Å². The van der Waals surface area contributed by atoms with Crippen molar-refractivity contribution in [2.24, 2.45) is 0 Å². The fourth-order valence-electron chi connectivity index (χ4n) is 4.94. The van der Waals surface area contributed by atoms with Crippen LogP contribution >= 0.6 is 11.6 Å². The molecule has 0 spiro atoms. The number of aliphatic hydroxyl groups is 2. The number of pyridine rings is 1. The Labute approximate surface area is 254 Å². The third-order valence-electron chi connectivity index (χ3n) is 7.12. The van der Waals surface area contributed by atoms with Gasteiger partial charge in [-0.15, -0.1) is 5.10 Å². The molecule has 1 aliphatic heterocycles. The van der Waals surface area contributed by atoms with E-state index in [1.165, 1.54) is 30.4 Å². The van der Waals surface area contributed by atoms with E-state index in [0.717, 1.165) is 12.1 Å². The van der Waals surface area contributed by atoms with Crippen LogP contribution in [0.2, 0.25) is 5.02 Å². The SMILES string of the molecule is COC1C(n2cc(-c3cc(F)c(F)c(F)c3)nn2)[C@@H](O)C(CO)O[C@H]1[C@H](OCc1ccc(Cl)cc1)C(=O)Nc1ccncc1. The molecule has 0 bridgehead atoms. The van der Waals surface area contributed by atoms with Crippen molar-refractivity contribution in [1.82, 2.24) is 20.0 Å². The summed E-state index contributed by atoms with van der Waals surface area (Å²) < 4.78 is 60.4. The van der Waals surface area contributed by atoms with Crippen molar-refractivity contribution in [2.45, 2.75) is 43.2 Å². The number of anilines is 1. The Morgan fingerprint density at radius 3 is 2.45 bits per heavy atom. The summed E-state index contributed by atoms with van der Waals surface area (Å²) in [7, 11) is 1.32. The van der Waals surface area contributed by atoms with Crippen molar-refractivity contribution in [1.29, 1.82) is 0 Å². The minimum atomic E-state index is -1.64. The number of carbonyl (C=O) groups is 1. The molecule has 3 unspecified atom stereocenters. The summed E-state index contributed by atoms with van der Waals surface area (Å²) in [6, 6.07) is 10.3. The number of aromatic nitrogens is 4. The van der Waals surface area contributed by atoms with Crippen molar-refractivity contribution in [3.05, 3.63) is 95.2 Å². The molecular weight excluding hydrogens is 607 g/mol. The fraction of sp³-hybridized carbons (Fsp3) is 0.310. The van der Waals surface area contributed by atoms with Crippen LogP contribution in [0.4, 0.5) is 18.9 Å². The van der Waals surface area contributed by atoms with E-state index in [1.54, 1.807) is 36.4 Å². The van der Waals surface area contributed by atoms with E-state index in [4.69, 9.17) is 25.8 Å². The summed E-state index contributed by atoms with van der Waals surface area (Å²) in [6.07, 6.45) is -2.17. The van der Waals surface area contributed by atoms with Gasteiger partial charge in [-0.05, 0) is 42.0 Å². The molecule has 0 radical (unpaired) electrons. The maximum Gasteiger partial charge on any atom is 0.256 e. The molecule has 1 fully saturated rings. The Balaban J connectivity index is 1.49. The first-order valence-electron chi connectivity index (χ1n) is 13.3. The average Bonchev–Trinajstić information content (AvgIpc) is 3.51. The second-order valence-electron chi connectivity index (χ2n) is 9.92. The van der Waals surface area contributed by atoms with Gasteiger partial charge in [0.25, 0.3) is 5.91 Å². The van der Waals surface area contributed by atoms with Gasteiger partial charge < -0.3 is 29.7 Å². The zero-order chi connectivity index (χ0) is 31.4. The van der Waals surface area contributed by atoms with Gasteiger partial charge in [-0.25, -0.2) is 17.9 Å². The largest absolute Gasteiger partial charge is 0.394 e.